The van der Waals surface area contributed by atoms with Crippen molar-refractivity contribution < 1.29 is 23.1 Å². The van der Waals surface area contributed by atoms with Crippen LogP contribution in [0.4, 0.5) is 13.2 Å². The molecule has 1 fully saturated rings. The van der Waals surface area contributed by atoms with E-state index in [4.69, 9.17) is 0 Å². The van der Waals surface area contributed by atoms with Crippen LogP contribution in [0.5, 0.6) is 0 Å². The Kier molecular flexibility index (Phi) is 5.04. The van der Waals surface area contributed by atoms with Gasteiger partial charge in [-0.1, -0.05) is 18.2 Å². The standard InChI is InChI=1S/C21H20F3N3O2/c22-21(23,24)16-6-3-14(4-7-16)15-5-8-19-18(10-15)25-13-27(19)12-20(29)26-9-1-2-17(28)11-26/h3-8,10,13,17,28H,1-2,9,11-12H2/t17-/m0/s1. The van der Waals surface area contributed by atoms with Gasteiger partial charge in [0, 0.05) is 13.1 Å². The monoisotopic (exact) mass is 403 g/mol. The first-order valence-corrected chi connectivity index (χ1v) is 9.39. The zero-order valence-electron chi connectivity index (χ0n) is 15.6. The van der Waals surface area contributed by atoms with E-state index in [-0.39, 0.29) is 12.5 Å². The number of piperidine rings is 1. The molecule has 1 saturated heterocycles. The maximum absolute atomic E-state index is 12.7. The van der Waals surface area contributed by atoms with Crippen LogP contribution in [0.25, 0.3) is 22.2 Å². The maximum Gasteiger partial charge on any atom is 0.416 e. The summed E-state index contributed by atoms with van der Waals surface area (Å²) in [7, 11) is 0. The number of amides is 1. The molecule has 1 atom stereocenters. The minimum atomic E-state index is -4.36. The smallest absolute Gasteiger partial charge is 0.391 e. The summed E-state index contributed by atoms with van der Waals surface area (Å²) in [6.07, 6.45) is -1.76. The Hall–Kier alpha value is -2.87. The highest BCUT2D eigenvalue weighted by molar-refractivity contribution is 5.84. The van der Waals surface area contributed by atoms with Crippen LogP contribution >= 0.6 is 0 Å². The molecular formula is C21H20F3N3O2. The van der Waals surface area contributed by atoms with Gasteiger partial charge in [0.15, 0.2) is 0 Å². The molecule has 1 N–H and O–H groups in total. The normalized spacial score (nSPS) is 17.7. The second-order valence-electron chi connectivity index (χ2n) is 7.29. The summed E-state index contributed by atoms with van der Waals surface area (Å²) < 4.78 is 40.0. The molecule has 152 valence electrons. The summed E-state index contributed by atoms with van der Waals surface area (Å²) in [5.41, 5.74) is 2.16. The Labute approximate surface area is 165 Å². The van der Waals surface area contributed by atoms with E-state index in [1.54, 1.807) is 27.9 Å². The first kappa shape index (κ1) is 19.4. The zero-order valence-corrected chi connectivity index (χ0v) is 15.6. The van der Waals surface area contributed by atoms with Crippen LogP contribution in [0.2, 0.25) is 0 Å². The van der Waals surface area contributed by atoms with E-state index in [2.05, 4.69) is 4.98 Å². The van der Waals surface area contributed by atoms with Crippen molar-refractivity contribution in [3.63, 3.8) is 0 Å². The molecule has 0 bridgehead atoms. The minimum Gasteiger partial charge on any atom is -0.391 e. The number of β-amino-alcohol motifs (C(OH)–C–C–N with tert-alkyl or cyclic N) is 1. The van der Waals surface area contributed by atoms with Crippen molar-refractivity contribution in [2.45, 2.75) is 31.7 Å². The topological polar surface area (TPSA) is 58.4 Å². The van der Waals surface area contributed by atoms with Gasteiger partial charge in [-0.2, -0.15) is 13.2 Å². The number of likely N-dealkylation sites (tertiary alicyclic amines) is 1. The second-order valence-corrected chi connectivity index (χ2v) is 7.29. The number of carbonyl (C=O) groups is 1. The van der Waals surface area contributed by atoms with Gasteiger partial charge in [-0.25, -0.2) is 4.98 Å². The fourth-order valence-electron chi connectivity index (χ4n) is 3.65. The summed E-state index contributed by atoms with van der Waals surface area (Å²) in [4.78, 5) is 18.5. The highest BCUT2D eigenvalue weighted by Gasteiger charge is 2.30. The Morgan fingerprint density at radius 1 is 1.14 bits per heavy atom. The van der Waals surface area contributed by atoms with Crippen molar-refractivity contribution in [2.24, 2.45) is 0 Å². The SMILES string of the molecule is O=C(Cn1cnc2cc(-c3ccc(C(F)(F)F)cc3)ccc21)N1CCC[C@H](O)C1. The zero-order chi connectivity index (χ0) is 20.6. The quantitative estimate of drug-likeness (QED) is 0.726. The number of alkyl halides is 3. The fraction of sp³-hybridized carbons (Fsp3) is 0.333. The van der Waals surface area contributed by atoms with E-state index < -0.39 is 17.8 Å². The van der Waals surface area contributed by atoms with E-state index in [1.807, 2.05) is 6.07 Å². The molecule has 1 aliphatic heterocycles. The highest BCUT2D eigenvalue weighted by Crippen LogP contribution is 2.31. The number of hydrogen-bond acceptors (Lipinski definition) is 3. The van der Waals surface area contributed by atoms with Gasteiger partial charge in [0.1, 0.15) is 6.54 Å². The van der Waals surface area contributed by atoms with E-state index in [0.717, 1.165) is 29.6 Å². The third-order valence-corrected chi connectivity index (χ3v) is 5.22. The number of imidazole rings is 1. The number of nitrogens with zero attached hydrogens (tertiary/aromatic N) is 3. The number of hydrogen-bond donors (Lipinski definition) is 1. The predicted octanol–water partition coefficient (Wildman–Crippen LogP) is 3.71. The van der Waals surface area contributed by atoms with E-state index in [0.29, 0.717) is 30.6 Å². The van der Waals surface area contributed by atoms with Crippen molar-refractivity contribution in [3.05, 3.63) is 54.4 Å². The number of benzene rings is 2. The molecule has 0 unspecified atom stereocenters. The third-order valence-electron chi connectivity index (χ3n) is 5.22. The average Bonchev–Trinajstić information content (AvgIpc) is 3.09. The van der Waals surface area contributed by atoms with Crippen molar-refractivity contribution in [3.8, 4) is 11.1 Å². The molecule has 2 aromatic carbocycles. The molecule has 0 spiro atoms. The van der Waals surface area contributed by atoms with Gasteiger partial charge < -0.3 is 14.6 Å². The summed E-state index contributed by atoms with van der Waals surface area (Å²) in [5, 5.41) is 9.75. The second kappa shape index (κ2) is 7.51. The lowest BCUT2D eigenvalue weighted by Crippen LogP contribution is -2.43. The van der Waals surface area contributed by atoms with Crippen LogP contribution in [-0.2, 0) is 17.5 Å². The van der Waals surface area contributed by atoms with Crippen LogP contribution in [-0.4, -0.2) is 44.7 Å². The number of fused-ring (bicyclic) bond motifs is 1. The molecule has 4 rings (SSSR count). The van der Waals surface area contributed by atoms with Crippen LogP contribution in [0.15, 0.2) is 48.8 Å². The van der Waals surface area contributed by atoms with Crippen LogP contribution in [0.3, 0.4) is 0 Å². The molecule has 0 radical (unpaired) electrons. The van der Waals surface area contributed by atoms with Crippen molar-refractivity contribution >= 4 is 16.9 Å². The molecule has 0 saturated carbocycles. The lowest BCUT2D eigenvalue weighted by atomic mass is 10.0. The van der Waals surface area contributed by atoms with Crippen LogP contribution in [0.1, 0.15) is 18.4 Å². The van der Waals surface area contributed by atoms with E-state index >= 15 is 0 Å². The van der Waals surface area contributed by atoms with Crippen LogP contribution in [0, 0.1) is 0 Å². The van der Waals surface area contributed by atoms with Crippen LogP contribution < -0.4 is 0 Å². The Morgan fingerprint density at radius 3 is 2.55 bits per heavy atom. The maximum atomic E-state index is 12.7. The molecule has 3 aromatic rings. The molecule has 1 amide bonds. The number of aliphatic hydroxyl groups excluding tert-OH is 1. The summed E-state index contributed by atoms with van der Waals surface area (Å²) in [6.45, 7) is 1.12. The lowest BCUT2D eigenvalue weighted by Gasteiger charge is -2.30. The molecule has 5 nitrogen and oxygen atoms in total. The molecule has 0 aliphatic carbocycles. The predicted molar refractivity (Wildman–Crippen MR) is 102 cm³/mol. The Balaban J connectivity index is 1.54. The van der Waals surface area contributed by atoms with Gasteiger partial charge in [-0.15, -0.1) is 0 Å². The Bertz CT molecular complexity index is 1030. The van der Waals surface area contributed by atoms with Gasteiger partial charge >= 0.3 is 6.18 Å². The summed E-state index contributed by atoms with van der Waals surface area (Å²) >= 11 is 0. The van der Waals surface area contributed by atoms with Crippen molar-refractivity contribution in [2.75, 3.05) is 13.1 Å². The number of rotatable bonds is 3. The van der Waals surface area contributed by atoms with Gasteiger partial charge in [0.2, 0.25) is 5.91 Å². The number of carbonyl (C=O) groups excluding carboxylic acids is 1. The van der Waals surface area contributed by atoms with Gasteiger partial charge in [0.05, 0.1) is 29.0 Å². The van der Waals surface area contributed by atoms with Crippen molar-refractivity contribution in [1.82, 2.24) is 14.5 Å². The summed E-state index contributed by atoms with van der Waals surface area (Å²) in [5.74, 6) is -0.0742. The van der Waals surface area contributed by atoms with Gasteiger partial charge in [-0.05, 0) is 48.2 Å². The van der Waals surface area contributed by atoms with Crippen molar-refractivity contribution in [1.29, 1.82) is 0 Å². The Morgan fingerprint density at radius 2 is 1.86 bits per heavy atom. The van der Waals surface area contributed by atoms with Gasteiger partial charge in [0.25, 0.3) is 0 Å². The van der Waals surface area contributed by atoms with E-state index in [9.17, 15) is 23.1 Å². The molecule has 1 aromatic heterocycles. The van der Waals surface area contributed by atoms with Gasteiger partial charge in [-0.3, -0.25) is 4.79 Å². The number of halogens is 3. The first-order valence-electron chi connectivity index (χ1n) is 9.39. The van der Waals surface area contributed by atoms with E-state index in [1.165, 1.54) is 12.1 Å². The molecule has 1 aliphatic rings. The molecular weight excluding hydrogens is 383 g/mol. The fourth-order valence-corrected chi connectivity index (χ4v) is 3.65. The minimum absolute atomic E-state index is 0.0742. The lowest BCUT2D eigenvalue weighted by molar-refractivity contribution is -0.137. The number of aliphatic hydroxyl groups is 1. The first-order chi connectivity index (χ1) is 13.8. The summed E-state index contributed by atoms with van der Waals surface area (Å²) in [6, 6.07) is 10.4. The number of aromatic nitrogens is 2. The third kappa shape index (κ3) is 4.12. The average molecular weight is 403 g/mol. The largest absolute Gasteiger partial charge is 0.416 e. The molecule has 8 heteroatoms. The molecule has 29 heavy (non-hydrogen) atoms. The molecule has 2 heterocycles. The highest BCUT2D eigenvalue weighted by atomic mass is 19.4.